The van der Waals surface area contributed by atoms with E-state index in [0.717, 1.165) is 6.07 Å². The van der Waals surface area contributed by atoms with Crippen LogP contribution in [0, 0.1) is 21.4 Å². The number of carbonyl (C=O) groups excluding carboxylic acids is 2. The molecule has 0 saturated carbocycles. The van der Waals surface area contributed by atoms with Crippen LogP contribution in [0.1, 0.15) is 5.56 Å². The number of nitrogens with one attached hydrogen (secondary N) is 2. The number of anilines is 2. The molecule has 2 rings (SSSR count). The molecule has 126 valence electrons. The molecule has 0 saturated heterocycles. The highest BCUT2D eigenvalue weighted by molar-refractivity contribution is 6.43. The highest BCUT2D eigenvalue weighted by Gasteiger charge is 2.18. The number of ether oxygens (including phenoxy) is 1. The molecule has 0 atom stereocenters. The Hall–Kier alpha value is -3.93. The first-order valence-electron chi connectivity index (χ1n) is 6.89. The Morgan fingerprint density at radius 2 is 1.76 bits per heavy atom. The van der Waals surface area contributed by atoms with Crippen LogP contribution in [0.3, 0.4) is 0 Å². The van der Waals surface area contributed by atoms with E-state index in [4.69, 9.17) is 10.00 Å². The number of non-ortho nitro benzene ring substituents is 1. The Bertz CT molecular complexity index is 871. The van der Waals surface area contributed by atoms with E-state index in [9.17, 15) is 19.7 Å². The number of hydrogen-bond donors (Lipinski definition) is 2. The van der Waals surface area contributed by atoms with E-state index in [1.165, 1.54) is 43.5 Å². The molecule has 25 heavy (non-hydrogen) atoms. The largest absolute Gasteiger partial charge is 0.494 e. The van der Waals surface area contributed by atoms with Crippen molar-refractivity contribution in [1.29, 1.82) is 5.26 Å². The Labute approximate surface area is 142 Å². The number of carbonyl (C=O) groups is 2. The first kappa shape index (κ1) is 17.4. The molecular weight excluding hydrogens is 328 g/mol. The predicted molar refractivity (Wildman–Crippen MR) is 88.1 cm³/mol. The van der Waals surface area contributed by atoms with Crippen LogP contribution in [0.15, 0.2) is 42.5 Å². The van der Waals surface area contributed by atoms with E-state index in [1.54, 1.807) is 0 Å². The van der Waals surface area contributed by atoms with Crippen molar-refractivity contribution in [1.82, 2.24) is 0 Å². The Morgan fingerprint density at radius 1 is 1.12 bits per heavy atom. The van der Waals surface area contributed by atoms with Crippen molar-refractivity contribution in [3.63, 3.8) is 0 Å². The maximum absolute atomic E-state index is 12.0. The van der Waals surface area contributed by atoms with Crippen LogP contribution in [0.4, 0.5) is 17.1 Å². The lowest BCUT2D eigenvalue weighted by Gasteiger charge is -2.10. The molecule has 0 radical (unpaired) electrons. The standard InChI is InChI=1S/C16H12N4O5/c1-25-14-8-12(20(23)24)6-7-13(14)19-16(22)15(21)18-11-4-2-10(9-17)3-5-11/h2-8H,1H3,(H,18,21)(H,19,22). The van der Waals surface area contributed by atoms with Crippen LogP contribution in [0.25, 0.3) is 0 Å². The summed E-state index contributed by atoms with van der Waals surface area (Å²) in [5.41, 5.74) is 0.665. The van der Waals surface area contributed by atoms with Gasteiger partial charge in [0.1, 0.15) is 5.75 Å². The number of rotatable bonds is 4. The lowest BCUT2D eigenvalue weighted by atomic mass is 10.2. The molecule has 0 bridgehead atoms. The number of hydrogen-bond acceptors (Lipinski definition) is 6. The van der Waals surface area contributed by atoms with Crippen molar-refractivity contribution in [2.75, 3.05) is 17.7 Å². The van der Waals surface area contributed by atoms with E-state index in [-0.39, 0.29) is 17.1 Å². The molecule has 9 nitrogen and oxygen atoms in total. The highest BCUT2D eigenvalue weighted by Crippen LogP contribution is 2.28. The van der Waals surface area contributed by atoms with E-state index in [2.05, 4.69) is 10.6 Å². The third-order valence-electron chi connectivity index (χ3n) is 3.12. The Kier molecular flexibility index (Phi) is 5.27. The summed E-state index contributed by atoms with van der Waals surface area (Å²) in [6, 6.07) is 11.5. The van der Waals surface area contributed by atoms with Crippen molar-refractivity contribution in [3.8, 4) is 11.8 Å². The topological polar surface area (TPSA) is 134 Å². The third-order valence-corrected chi connectivity index (χ3v) is 3.12. The van der Waals surface area contributed by atoms with E-state index in [1.807, 2.05) is 6.07 Å². The predicted octanol–water partition coefficient (Wildman–Crippen LogP) is 2.05. The average Bonchev–Trinajstić information content (AvgIpc) is 2.62. The summed E-state index contributed by atoms with van der Waals surface area (Å²) < 4.78 is 4.98. The Morgan fingerprint density at radius 3 is 2.32 bits per heavy atom. The second kappa shape index (κ2) is 7.56. The fourth-order valence-corrected chi connectivity index (χ4v) is 1.89. The van der Waals surface area contributed by atoms with Gasteiger partial charge in [-0.15, -0.1) is 0 Å². The zero-order valence-corrected chi connectivity index (χ0v) is 13.0. The number of nitro benzene ring substituents is 1. The monoisotopic (exact) mass is 340 g/mol. The van der Waals surface area contributed by atoms with Crippen LogP contribution < -0.4 is 15.4 Å². The first-order chi connectivity index (χ1) is 11.9. The zero-order valence-electron chi connectivity index (χ0n) is 13.0. The molecule has 0 aromatic heterocycles. The molecule has 2 amide bonds. The number of benzene rings is 2. The lowest BCUT2D eigenvalue weighted by Crippen LogP contribution is -2.29. The van der Waals surface area contributed by atoms with Gasteiger partial charge < -0.3 is 15.4 Å². The number of methoxy groups -OCH3 is 1. The van der Waals surface area contributed by atoms with Gasteiger partial charge in [-0.25, -0.2) is 0 Å². The second-order valence-electron chi connectivity index (χ2n) is 4.74. The summed E-state index contributed by atoms with van der Waals surface area (Å²) >= 11 is 0. The summed E-state index contributed by atoms with van der Waals surface area (Å²) in [7, 11) is 1.28. The summed E-state index contributed by atoms with van der Waals surface area (Å²) in [5, 5.41) is 24.1. The van der Waals surface area contributed by atoms with Gasteiger partial charge in [-0.3, -0.25) is 19.7 Å². The Balaban J connectivity index is 2.09. The normalized spacial score (nSPS) is 9.60. The minimum Gasteiger partial charge on any atom is -0.494 e. The summed E-state index contributed by atoms with van der Waals surface area (Å²) in [6.45, 7) is 0. The molecule has 2 aromatic carbocycles. The minimum absolute atomic E-state index is 0.0497. The molecule has 0 unspecified atom stereocenters. The van der Waals surface area contributed by atoms with Crippen molar-refractivity contribution in [2.24, 2.45) is 0 Å². The van der Waals surface area contributed by atoms with Gasteiger partial charge in [0, 0.05) is 11.8 Å². The first-order valence-corrected chi connectivity index (χ1v) is 6.89. The molecule has 9 heteroatoms. The van der Waals surface area contributed by atoms with Gasteiger partial charge in [-0.2, -0.15) is 5.26 Å². The molecule has 0 heterocycles. The molecule has 0 aliphatic carbocycles. The van der Waals surface area contributed by atoms with Gasteiger partial charge in [0.2, 0.25) is 0 Å². The quantitative estimate of drug-likeness (QED) is 0.497. The molecule has 2 aromatic rings. The van der Waals surface area contributed by atoms with Gasteiger partial charge in [-0.1, -0.05) is 0 Å². The van der Waals surface area contributed by atoms with E-state index in [0.29, 0.717) is 11.3 Å². The van der Waals surface area contributed by atoms with Crippen LogP contribution >= 0.6 is 0 Å². The van der Waals surface area contributed by atoms with Crippen molar-refractivity contribution in [3.05, 3.63) is 58.1 Å². The number of nitriles is 1. The molecule has 0 aliphatic rings. The number of amides is 2. The van der Waals surface area contributed by atoms with E-state index < -0.39 is 16.7 Å². The third kappa shape index (κ3) is 4.29. The zero-order chi connectivity index (χ0) is 18.4. The highest BCUT2D eigenvalue weighted by atomic mass is 16.6. The van der Waals surface area contributed by atoms with Crippen LogP contribution in [-0.4, -0.2) is 23.8 Å². The van der Waals surface area contributed by atoms with Gasteiger partial charge in [0.25, 0.3) is 5.69 Å². The average molecular weight is 340 g/mol. The molecule has 2 N–H and O–H groups in total. The van der Waals surface area contributed by atoms with Crippen LogP contribution in [0.5, 0.6) is 5.75 Å². The fourth-order valence-electron chi connectivity index (χ4n) is 1.89. The van der Waals surface area contributed by atoms with Crippen molar-refractivity contribution < 1.29 is 19.2 Å². The van der Waals surface area contributed by atoms with Gasteiger partial charge in [0.05, 0.1) is 35.4 Å². The fraction of sp³-hybridized carbons (Fsp3) is 0.0625. The smallest absolute Gasteiger partial charge is 0.314 e. The van der Waals surface area contributed by atoms with Crippen molar-refractivity contribution >= 4 is 28.9 Å². The summed E-state index contributed by atoms with van der Waals surface area (Å²) in [6.07, 6.45) is 0. The van der Waals surface area contributed by atoms with Gasteiger partial charge in [-0.05, 0) is 30.3 Å². The number of nitro groups is 1. The van der Waals surface area contributed by atoms with Gasteiger partial charge in [0.15, 0.2) is 0 Å². The lowest BCUT2D eigenvalue weighted by molar-refractivity contribution is -0.384. The summed E-state index contributed by atoms with van der Waals surface area (Å²) in [5.74, 6) is -1.87. The van der Waals surface area contributed by atoms with Crippen LogP contribution in [-0.2, 0) is 9.59 Å². The molecular formula is C16H12N4O5. The molecule has 0 spiro atoms. The minimum atomic E-state index is -0.975. The van der Waals surface area contributed by atoms with E-state index >= 15 is 0 Å². The molecule has 0 aliphatic heterocycles. The molecule has 0 fully saturated rings. The SMILES string of the molecule is COc1cc([N+](=O)[O-])ccc1NC(=O)C(=O)Nc1ccc(C#N)cc1. The number of nitrogens with zero attached hydrogens (tertiary/aromatic N) is 2. The van der Waals surface area contributed by atoms with Gasteiger partial charge >= 0.3 is 11.8 Å². The summed E-state index contributed by atoms with van der Waals surface area (Å²) in [4.78, 5) is 34.0. The second-order valence-corrected chi connectivity index (χ2v) is 4.74. The maximum atomic E-state index is 12.0. The van der Waals surface area contributed by atoms with Crippen LogP contribution in [0.2, 0.25) is 0 Å². The van der Waals surface area contributed by atoms with Crippen molar-refractivity contribution in [2.45, 2.75) is 0 Å². The maximum Gasteiger partial charge on any atom is 0.314 e.